The molecular weight excluding hydrogens is 142 g/mol. The van der Waals surface area contributed by atoms with Crippen LogP contribution < -0.4 is 4.74 Å². The maximum atomic E-state index is 10.6. The topological polar surface area (TPSA) is 39.2 Å². The lowest BCUT2D eigenvalue weighted by molar-refractivity contribution is 0.103. The highest BCUT2D eigenvalue weighted by Gasteiger charge is 2.00. The first kappa shape index (κ1) is 7.72. The molecule has 0 spiro atoms. The van der Waals surface area contributed by atoms with Crippen LogP contribution in [0.1, 0.15) is 10.5 Å². The second kappa shape index (κ2) is 3.14. The lowest BCUT2D eigenvalue weighted by Crippen LogP contribution is -1.97. The number of hydrogen-bond donors (Lipinski definition) is 0. The third-order valence-corrected chi connectivity index (χ3v) is 1.19. The van der Waals surface area contributed by atoms with Crippen molar-refractivity contribution in [2.45, 2.75) is 0 Å². The van der Waals surface area contributed by atoms with Crippen molar-refractivity contribution in [3.63, 3.8) is 0 Å². The molecule has 2 radical (unpaired) electrons. The molecule has 1 rings (SSSR count). The highest BCUT2D eigenvalue weighted by Crippen LogP contribution is 2.06. The van der Waals surface area contributed by atoms with Crippen molar-refractivity contribution in [3.8, 4) is 5.88 Å². The van der Waals surface area contributed by atoms with Gasteiger partial charge < -0.3 is 4.74 Å². The number of hydrogen-bond acceptors (Lipinski definition) is 3. The van der Waals surface area contributed by atoms with Crippen molar-refractivity contribution in [2.75, 3.05) is 7.11 Å². The third-order valence-electron chi connectivity index (χ3n) is 1.19. The Morgan fingerprint density at radius 3 is 2.91 bits per heavy atom. The molecule has 0 aliphatic heterocycles. The average molecular weight is 149 g/mol. The van der Waals surface area contributed by atoms with Crippen molar-refractivity contribution in [1.82, 2.24) is 4.98 Å². The van der Waals surface area contributed by atoms with E-state index in [1.54, 1.807) is 12.1 Å². The van der Waals surface area contributed by atoms with Gasteiger partial charge in [-0.15, -0.1) is 0 Å². The van der Waals surface area contributed by atoms with Crippen LogP contribution in [0.25, 0.3) is 0 Å². The largest absolute Gasteiger partial charge is 0.481 e. The minimum atomic E-state index is -0.552. The monoisotopic (exact) mass is 149 g/mol. The van der Waals surface area contributed by atoms with Gasteiger partial charge in [0.25, 0.3) is 0 Å². The van der Waals surface area contributed by atoms with E-state index in [0.29, 0.717) is 5.88 Å². The van der Waals surface area contributed by atoms with Gasteiger partial charge in [0.1, 0.15) is 5.69 Å². The van der Waals surface area contributed by atoms with Crippen molar-refractivity contribution >= 4 is 5.78 Å². The van der Waals surface area contributed by atoms with E-state index in [4.69, 9.17) is 11.7 Å². The predicted molar refractivity (Wildman–Crippen MR) is 39.4 cm³/mol. The Morgan fingerprint density at radius 1 is 1.64 bits per heavy atom. The molecule has 1 aromatic heterocycles. The summed E-state index contributed by atoms with van der Waals surface area (Å²) in [4.78, 5) is 14.4. The number of pyridine rings is 1. The number of nitrogens with zero attached hydrogens (tertiary/aromatic N) is 1. The predicted octanol–water partition coefficient (Wildman–Crippen LogP) is 0.984. The van der Waals surface area contributed by atoms with E-state index >= 15 is 0 Å². The summed E-state index contributed by atoms with van der Waals surface area (Å²) in [5, 5.41) is 0. The van der Waals surface area contributed by atoms with Gasteiger partial charge in [-0.2, -0.15) is 0 Å². The number of carbonyl (C=O) groups excluding carboxylic acids is 1. The van der Waals surface area contributed by atoms with E-state index in [1.165, 1.54) is 13.2 Å². The number of ether oxygens (including phenoxy) is 1. The van der Waals surface area contributed by atoms with Gasteiger partial charge in [0.2, 0.25) is 5.88 Å². The zero-order valence-corrected chi connectivity index (χ0v) is 6.07. The summed E-state index contributed by atoms with van der Waals surface area (Å²) >= 11 is 0. The van der Waals surface area contributed by atoms with Gasteiger partial charge in [0.05, 0.1) is 7.11 Å². The molecule has 3 nitrogen and oxygen atoms in total. The molecule has 0 bridgehead atoms. The first-order valence-corrected chi connectivity index (χ1v) is 3.05. The Balaban J connectivity index is 3.01. The summed E-state index contributed by atoms with van der Waals surface area (Å²) in [5.41, 5.74) is 0.212. The Bertz CT molecular complexity index is 271. The van der Waals surface area contributed by atoms with E-state index < -0.39 is 5.78 Å². The zero-order valence-electron chi connectivity index (χ0n) is 6.07. The minimum Gasteiger partial charge on any atom is -0.481 e. The Hall–Kier alpha value is -1.38. The minimum absolute atomic E-state index is 0.212. The summed E-state index contributed by atoms with van der Waals surface area (Å²) in [6.07, 6.45) is 0. The van der Waals surface area contributed by atoms with Gasteiger partial charge in [0, 0.05) is 13.0 Å². The molecule has 56 valence electrons. The van der Waals surface area contributed by atoms with Crippen molar-refractivity contribution in [2.24, 2.45) is 0 Å². The van der Waals surface area contributed by atoms with Crippen LogP contribution in [-0.2, 0) is 0 Å². The number of ketones is 1. The Morgan fingerprint density at radius 2 is 2.36 bits per heavy atom. The number of rotatable bonds is 2. The fourth-order valence-corrected chi connectivity index (χ4v) is 0.666. The second-order valence-corrected chi connectivity index (χ2v) is 1.93. The molecule has 0 saturated heterocycles. The average Bonchev–Trinajstić information content (AvgIpc) is 2.05. The third kappa shape index (κ3) is 1.77. The zero-order chi connectivity index (χ0) is 8.27. The molecule has 11 heavy (non-hydrogen) atoms. The highest BCUT2D eigenvalue weighted by atomic mass is 16.5. The quantitative estimate of drug-likeness (QED) is 0.588. The summed E-state index contributed by atoms with van der Waals surface area (Å²) in [6.45, 7) is 4.98. The van der Waals surface area contributed by atoms with Gasteiger partial charge >= 0.3 is 0 Å². The van der Waals surface area contributed by atoms with Crippen LogP contribution in [0.5, 0.6) is 5.88 Å². The molecular formula is C8H7NO2. The molecule has 0 fully saturated rings. The Kier molecular flexibility index (Phi) is 2.21. The second-order valence-electron chi connectivity index (χ2n) is 1.93. The summed E-state index contributed by atoms with van der Waals surface area (Å²) in [7, 11) is 1.48. The molecule has 0 amide bonds. The van der Waals surface area contributed by atoms with Gasteiger partial charge in [-0.05, 0) is 6.07 Å². The fourth-order valence-electron chi connectivity index (χ4n) is 0.666. The first-order valence-electron chi connectivity index (χ1n) is 3.05. The highest BCUT2D eigenvalue weighted by molar-refractivity contribution is 5.97. The molecule has 0 aliphatic carbocycles. The van der Waals surface area contributed by atoms with Crippen LogP contribution in [-0.4, -0.2) is 17.9 Å². The number of carbonyl (C=O) groups is 1. The van der Waals surface area contributed by atoms with Gasteiger partial charge in [-0.3, -0.25) is 4.79 Å². The van der Waals surface area contributed by atoms with E-state index in [2.05, 4.69) is 4.98 Å². The van der Waals surface area contributed by atoms with Crippen molar-refractivity contribution < 1.29 is 9.53 Å². The van der Waals surface area contributed by atoms with E-state index in [0.717, 1.165) is 0 Å². The molecule has 0 aromatic carbocycles. The van der Waals surface area contributed by atoms with Gasteiger partial charge in [-0.1, -0.05) is 6.07 Å². The molecule has 0 N–H and O–H groups in total. The van der Waals surface area contributed by atoms with Crippen LogP contribution in [0.15, 0.2) is 18.2 Å². The van der Waals surface area contributed by atoms with E-state index in [1.807, 2.05) is 0 Å². The lowest BCUT2D eigenvalue weighted by atomic mass is 10.3. The molecule has 0 atom stereocenters. The van der Waals surface area contributed by atoms with E-state index in [9.17, 15) is 4.79 Å². The van der Waals surface area contributed by atoms with Crippen LogP contribution in [0, 0.1) is 6.92 Å². The molecule has 0 unspecified atom stereocenters. The summed E-state index contributed by atoms with van der Waals surface area (Å²) in [5.74, 6) is -0.162. The number of methoxy groups -OCH3 is 1. The van der Waals surface area contributed by atoms with Crippen LogP contribution in [0.4, 0.5) is 0 Å². The molecule has 1 heterocycles. The van der Waals surface area contributed by atoms with Gasteiger partial charge in [-0.25, -0.2) is 4.98 Å². The van der Waals surface area contributed by atoms with Crippen molar-refractivity contribution in [3.05, 3.63) is 30.8 Å². The standard InChI is InChI=1S/C8H7NO2/c1-6(10)7-4-3-5-8(9-7)11-2/h1,3-5H,2H3. The molecule has 0 aliphatic rings. The SMILES string of the molecule is [CH]C(=O)c1cccc(OC)n1. The Labute approximate surface area is 65.0 Å². The maximum absolute atomic E-state index is 10.6. The summed E-state index contributed by atoms with van der Waals surface area (Å²) in [6, 6.07) is 4.84. The molecule has 3 heteroatoms. The smallest absolute Gasteiger partial charge is 0.213 e. The van der Waals surface area contributed by atoms with Crippen LogP contribution >= 0.6 is 0 Å². The van der Waals surface area contributed by atoms with Crippen molar-refractivity contribution in [1.29, 1.82) is 0 Å². The van der Waals surface area contributed by atoms with E-state index in [-0.39, 0.29) is 5.69 Å². The number of aromatic nitrogens is 1. The lowest BCUT2D eigenvalue weighted by Gasteiger charge is -1.98. The number of Topliss-reactive ketones (excluding diaryl/α,β-unsaturated/α-hetero) is 1. The fraction of sp³-hybridized carbons (Fsp3) is 0.125. The first-order chi connectivity index (χ1) is 5.24. The summed E-state index contributed by atoms with van der Waals surface area (Å²) < 4.78 is 4.79. The van der Waals surface area contributed by atoms with Crippen LogP contribution in [0.3, 0.4) is 0 Å². The maximum Gasteiger partial charge on any atom is 0.213 e. The molecule has 0 saturated carbocycles. The van der Waals surface area contributed by atoms with Gasteiger partial charge in [0.15, 0.2) is 5.78 Å². The van der Waals surface area contributed by atoms with Crippen LogP contribution in [0.2, 0.25) is 0 Å². The normalized spacial score (nSPS) is 9.27. The molecule has 1 aromatic rings.